The number of fused-ring (bicyclic) bond motifs is 1. The van der Waals surface area contributed by atoms with Crippen LogP contribution in [0.5, 0.6) is 5.75 Å². The molecule has 3 nitrogen and oxygen atoms in total. The van der Waals surface area contributed by atoms with Gasteiger partial charge in [0.1, 0.15) is 0 Å². The number of aromatic nitrogens is 1. The number of pyridine rings is 1. The molecule has 0 radical (unpaired) electrons. The summed E-state index contributed by atoms with van der Waals surface area (Å²) in [5.74, 6) is -0.262. The van der Waals surface area contributed by atoms with Crippen LogP contribution in [0.3, 0.4) is 0 Å². The molecule has 0 amide bonds. The molecule has 100 valence electrons. The van der Waals surface area contributed by atoms with Crippen molar-refractivity contribution in [1.29, 1.82) is 0 Å². The Morgan fingerprint density at radius 2 is 2.05 bits per heavy atom. The minimum atomic E-state index is -0.447. The standard InChI is InChI=1S/C16H12FNO2/c1-20-16-6-5-11(8-14(16)17)13-9-12-4-2-3-7-18(12)15(13)10-19/h2-10H,1H3. The molecule has 20 heavy (non-hydrogen) atoms. The summed E-state index contributed by atoms with van der Waals surface area (Å²) >= 11 is 0. The van der Waals surface area contributed by atoms with Crippen molar-refractivity contribution in [1.82, 2.24) is 4.40 Å². The minimum absolute atomic E-state index is 0.185. The molecule has 0 spiro atoms. The van der Waals surface area contributed by atoms with Crippen LogP contribution in [0.2, 0.25) is 0 Å². The first kappa shape index (κ1) is 12.4. The Bertz CT molecular complexity index is 792. The lowest BCUT2D eigenvalue weighted by Crippen LogP contribution is -1.93. The summed E-state index contributed by atoms with van der Waals surface area (Å²) in [5, 5.41) is 0. The molecule has 3 rings (SSSR count). The van der Waals surface area contributed by atoms with Crippen molar-refractivity contribution >= 4 is 11.8 Å². The van der Waals surface area contributed by atoms with Gasteiger partial charge in [-0.25, -0.2) is 4.39 Å². The Kier molecular flexibility index (Phi) is 2.99. The maximum atomic E-state index is 13.8. The second kappa shape index (κ2) is 4.81. The SMILES string of the molecule is COc1ccc(-c2cc3ccccn3c2C=O)cc1F. The summed E-state index contributed by atoms with van der Waals surface area (Å²) in [6.07, 6.45) is 2.59. The number of halogens is 1. The van der Waals surface area contributed by atoms with E-state index in [2.05, 4.69) is 0 Å². The Hall–Kier alpha value is -2.62. The van der Waals surface area contributed by atoms with Crippen molar-refractivity contribution in [2.75, 3.05) is 7.11 Å². The number of carbonyl (C=O) groups excluding carboxylic acids is 1. The van der Waals surface area contributed by atoms with Crippen LogP contribution in [-0.4, -0.2) is 17.8 Å². The van der Waals surface area contributed by atoms with Gasteiger partial charge < -0.3 is 9.14 Å². The van der Waals surface area contributed by atoms with Crippen LogP contribution in [0, 0.1) is 5.82 Å². The first-order chi connectivity index (χ1) is 9.74. The van der Waals surface area contributed by atoms with E-state index in [9.17, 15) is 9.18 Å². The quantitative estimate of drug-likeness (QED) is 0.680. The number of hydrogen-bond acceptors (Lipinski definition) is 2. The van der Waals surface area contributed by atoms with Crippen LogP contribution in [0.1, 0.15) is 10.5 Å². The first-order valence-corrected chi connectivity index (χ1v) is 6.14. The Morgan fingerprint density at radius 3 is 2.75 bits per heavy atom. The van der Waals surface area contributed by atoms with E-state index in [-0.39, 0.29) is 5.75 Å². The molecule has 0 saturated heterocycles. The summed E-state index contributed by atoms with van der Waals surface area (Å²) in [4.78, 5) is 11.3. The van der Waals surface area contributed by atoms with Gasteiger partial charge in [-0.05, 0) is 35.9 Å². The molecule has 2 aromatic heterocycles. The Morgan fingerprint density at radius 1 is 1.20 bits per heavy atom. The number of rotatable bonds is 3. The molecule has 0 fully saturated rings. The highest BCUT2D eigenvalue weighted by molar-refractivity contribution is 5.89. The Balaban J connectivity index is 2.23. The first-order valence-electron chi connectivity index (χ1n) is 6.14. The number of methoxy groups -OCH3 is 1. The summed E-state index contributed by atoms with van der Waals surface area (Å²) in [7, 11) is 1.42. The summed E-state index contributed by atoms with van der Waals surface area (Å²) < 4.78 is 20.5. The van der Waals surface area contributed by atoms with E-state index in [1.165, 1.54) is 13.2 Å². The molecule has 1 aromatic carbocycles. The molecule has 0 saturated carbocycles. The monoisotopic (exact) mass is 269 g/mol. The molecule has 0 atom stereocenters. The maximum Gasteiger partial charge on any atom is 0.167 e. The average molecular weight is 269 g/mol. The molecule has 0 N–H and O–H groups in total. The van der Waals surface area contributed by atoms with E-state index in [1.54, 1.807) is 16.5 Å². The molecular weight excluding hydrogens is 257 g/mol. The molecule has 0 aliphatic carbocycles. The van der Waals surface area contributed by atoms with Gasteiger partial charge >= 0.3 is 0 Å². The predicted molar refractivity (Wildman–Crippen MR) is 74.7 cm³/mol. The number of carbonyl (C=O) groups is 1. The van der Waals surface area contributed by atoms with Gasteiger partial charge in [-0.15, -0.1) is 0 Å². The van der Waals surface area contributed by atoms with E-state index in [4.69, 9.17) is 4.74 Å². The molecular formula is C16H12FNO2. The summed E-state index contributed by atoms with van der Waals surface area (Å²) in [6, 6.07) is 12.2. The van der Waals surface area contributed by atoms with Crippen LogP contribution in [0.25, 0.3) is 16.6 Å². The summed E-state index contributed by atoms with van der Waals surface area (Å²) in [6.45, 7) is 0. The largest absolute Gasteiger partial charge is 0.494 e. The van der Waals surface area contributed by atoms with Crippen LogP contribution < -0.4 is 4.74 Å². The van der Waals surface area contributed by atoms with Gasteiger partial charge in [0.15, 0.2) is 17.9 Å². The lowest BCUT2D eigenvalue weighted by molar-refractivity contribution is 0.111. The highest BCUT2D eigenvalue weighted by atomic mass is 19.1. The van der Waals surface area contributed by atoms with E-state index in [0.717, 1.165) is 11.8 Å². The van der Waals surface area contributed by atoms with Crippen LogP contribution in [-0.2, 0) is 0 Å². The smallest absolute Gasteiger partial charge is 0.167 e. The molecule has 3 aromatic rings. The maximum absolute atomic E-state index is 13.8. The van der Waals surface area contributed by atoms with E-state index >= 15 is 0 Å². The normalized spacial score (nSPS) is 10.7. The second-order valence-corrected chi connectivity index (χ2v) is 4.41. The summed E-state index contributed by atoms with van der Waals surface area (Å²) in [5.41, 5.74) is 2.74. The number of aldehydes is 1. The third-order valence-electron chi connectivity index (χ3n) is 3.29. The van der Waals surface area contributed by atoms with Crippen LogP contribution >= 0.6 is 0 Å². The van der Waals surface area contributed by atoms with E-state index in [1.807, 2.05) is 30.5 Å². The number of nitrogens with zero attached hydrogens (tertiary/aromatic N) is 1. The fourth-order valence-corrected chi connectivity index (χ4v) is 2.33. The lowest BCUT2D eigenvalue weighted by atomic mass is 10.1. The Labute approximate surface area is 115 Å². The van der Waals surface area contributed by atoms with Crippen molar-refractivity contribution < 1.29 is 13.9 Å². The third kappa shape index (κ3) is 1.86. The molecule has 0 unspecified atom stereocenters. The number of ether oxygens (including phenoxy) is 1. The fraction of sp³-hybridized carbons (Fsp3) is 0.0625. The van der Waals surface area contributed by atoms with Crippen molar-refractivity contribution in [3.8, 4) is 16.9 Å². The minimum Gasteiger partial charge on any atom is -0.494 e. The molecule has 2 heterocycles. The fourth-order valence-electron chi connectivity index (χ4n) is 2.33. The van der Waals surface area contributed by atoms with Crippen molar-refractivity contribution in [2.45, 2.75) is 0 Å². The van der Waals surface area contributed by atoms with Gasteiger partial charge in [-0.3, -0.25) is 4.79 Å². The van der Waals surface area contributed by atoms with Crippen LogP contribution in [0.15, 0.2) is 48.7 Å². The predicted octanol–water partition coefficient (Wildman–Crippen LogP) is 3.57. The molecule has 4 heteroatoms. The van der Waals surface area contributed by atoms with E-state index < -0.39 is 5.82 Å². The van der Waals surface area contributed by atoms with Crippen molar-refractivity contribution in [3.63, 3.8) is 0 Å². The zero-order valence-corrected chi connectivity index (χ0v) is 10.8. The second-order valence-electron chi connectivity index (χ2n) is 4.41. The van der Waals surface area contributed by atoms with Crippen molar-refractivity contribution in [2.24, 2.45) is 0 Å². The average Bonchev–Trinajstić information content (AvgIpc) is 2.85. The highest BCUT2D eigenvalue weighted by Gasteiger charge is 2.13. The lowest BCUT2D eigenvalue weighted by Gasteiger charge is -2.05. The molecule has 0 aliphatic rings. The van der Waals surface area contributed by atoms with Gasteiger partial charge in [-0.1, -0.05) is 12.1 Å². The van der Waals surface area contributed by atoms with Gasteiger partial charge in [-0.2, -0.15) is 0 Å². The number of hydrogen-bond donors (Lipinski definition) is 0. The van der Waals surface area contributed by atoms with Gasteiger partial charge in [0.05, 0.1) is 12.8 Å². The van der Waals surface area contributed by atoms with Crippen LogP contribution in [0.4, 0.5) is 4.39 Å². The van der Waals surface area contributed by atoms with Gasteiger partial charge in [0.2, 0.25) is 0 Å². The van der Waals surface area contributed by atoms with E-state index in [0.29, 0.717) is 16.8 Å². The van der Waals surface area contributed by atoms with Gasteiger partial charge in [0.25, 0.3) is 0 Å². The zero-order chi connectivity index (χ0) is 14.1. The number of benzene rings is 1. The highest BCUT2D eigenvalue weighted by Crippen LogP contribution is 2.29. The third-order valence-corrected chi connectivity index (χ3v) is 3.29. The molecule has 0 aliphatic heterocycles. The topological polar surface area (TPSA) is 30.7 Å². The zero-order valence-electron chi connectivity index (χ0n) is 10.8. The van der Waals surface area contributed by atoms with Crippen molar-refractivity contribution in [3.05, 3.63) is 60.2 Å². The van der Waals surface area contributed by atoms with Gasteiger partial charge in [0, 0.05) is 17.3 Å². The molecule has 0 bridgehead atoms.